The van der Waals surface area contributed by atoms with Crippen LogP contribution in [0.4, 0.5) is 11.5 Å². The van der Waals surface area contributed by atoms with Crippen LogP contribution < -0.4 is 19.7 Å². The zero-order valence-corrected chi connectivity index (χ0v) is 13.8. The molecule has 2 aromatic rings. The van der Waals surface area contributed by atoms with Gasteiger partial charge in [0.25, 0.3) is 5.91 Å². The molecule has 126 valence electrons. The van der Waals surface area contributed by atoms with Crippen LogP contribution in [0.5, 0.6) is 11.5 Å². The number of nitrogens with zero attached hydrogens (tertiary/aromatic N) is 3. The second-order valence-electron chi connectivity index (χ2n) is 5.47. The summed E-state index contributed by atoms with van der Waals surface area (Å²) in [6.45, 7) is 1.98. The molecule has 0 atom stereocenters. The molecule has 1 aliphatic heterocycles. The number of amides is 1. The number of carbonyl (C=O) groups excluding carboxylic acids is 1. The van der Waals surface area contributed by atoms with Crippen molar-refractivity contribution in [3.8, 4) is 11.5 Å². The normalized spacial score (nSPS) is 13.7. The molecule has 1 aliphatic rings. The molecule has 3 rings (SSSR count). The predicted octanol–water partition coefficient (Wildman–Crippen LogP) is 2.35. The summed E-state index contributed by atoms with van der Waals surface area (Å²) < 4.78 is 10.4. The van der Waals surface area contributed by atoms with Gasteiger partial charge in [0.15, 0.2) is 0 Å². The minimum atomic E-state index is -0.334. The van der Waals surface area contributed by atoms with Gasteiger partial charge in [0.2, 0.25) is 0 Å². The Hall–Kier alpha value is -2.83. The van der Waals surface area contributed by atoms with E-state index in [1.807, 2.05) is 0 Å². The van der Waals surface area contributed by atoms with Crippen LogP contribution in [0.3, 0.4) is 0 Å². The molecule has 1 aromatic heterocycles. The molecule has 2 heterocycles. The maximum Gasteiger partial charge on any atom is 0.275 e. The van der Waals surface area contributed by atoms with Crippen LogP contribution in [0.15, 0.2) is 30.6 Å². The SMILES string of the molecule is COc1ccc(NC(=O)c2cnc(N3CCCC3)cn2)c(OC)c1. The molecular weight excluding hydrogens is 308 g/mol. The quantitative estimate of drug-likeness (QED) is 0.908. The first kappa shape index (κ1) is 16.0. The van der Waals surface area contributed by atoms with Gasteiger partial charge < -0.3 is 19.7 Å². The van der Waals surface area contributed by atoms with E-state index in [9.17, 15) is 4.79 Å². The molecule has 0 aliphatic carbocycles. The van der Waals surface area contributed by atoms with Crippen molar-refractivity contribution in [2.75, 3.05) is 37.5 Å². The number of anilines is 2. The standard InChI is InChI=1S/C17H20N4O3/c1-23-12-5-6-13(15(9-12)24-2)20-17(22)14-10-19-16(11-18-14)21-7-3-4-8-21/h5-6,9-11H,3-4,7-8H2,1-2H3,(H,20,22). The van der Waals surface area contributed by atoms with Gasteiger partial charge in [-0.05, 0) is 25.0 Å². The van der Waals surface area contributed by atoms with E-state index < -0.39 is 0 Å². The molecule has 7 nitrogen and oxygen atoms in total. The molecule has 0 bridgehead atoms. The van der Waals surface area contributed by atoms with E-state index in [0.717, 1.165) is 18.9 Å². The van der Waals surface area contributed by atoms with E-state index >= 15 is 0 Å². The lowest BCUT2D eigenvalue weighted by Gasteiger charge is -2.15. The van der Waals surface area contributed by atoms with Gasteiger partial charge in [-0.25, -0.2) is 9.97 Å². The Balaban J connectivity index is 1.72. The lowest BCUT2D eigenvalue weighted by molar-refractivity contribution is 0.102. The van der Waals surface area contributed by atoms with Crippen molar-refractivity contribution >= 4 is 17.4 Å². The van der Waals surface area contributed by atoms with Crippen molar-refractivity contribution in [3.63, 3.8) is 0 Å². The summed E-state index contributed by atoms with van der Waals surface area (Å²) in [5, 5.41) is 2.78. The molecule has 0 spiro atoms. The van der Waals surface area contributed by atoms with E-state index in [0.29, 0.717) is 17.2 Å². The second-order valence-corrected chi connectivity index (χ2v) is 5.47. The summed E-state index contributed by atoms with van der Waals surface area (Å²) in [5.74, 6) is 1.65. The van der Waals surface area contributed by atoms with Gasteiger partial charge in [-0.15, -0.1) is 0 Å². The number of hydrogen-bond donors (Lipinski definition) is 1. The summed E-state index contributed by atoms with van der Waals surface area (Å²) in [7, 11) is 3.11. The van der Waals surface area contributed by atoms with E-state index in [2.05, 4.69) is 20.2 Å². The van der Waals surface area contributed by atoms with Crippen LogP contribution in [-0.4, -0.2) is 43.2 Å². The highest BCUT2D eigenvalue weighted by molar-refractivity contribution is 6.03. The van der Waals surface area contributed by atoms with E-state index in [-0.39, 0.29) is 11.6 Å². The number of aromatic nitrogens is 2. The van der Waals surface area contributed by atoms with Gasteiger partial charge in [-0.2, -0.15) is 0 Å². The molecule has 1 aromatic carbocycles. The molecule has 7 heteroatoms. The van der Waals surface area contributed by atoms with E-state index in [4.69, 9.17) is 9.47 Å². The number of ether oxygens (including phenoxy) is 2. The van der Waals surface area contributed by atoms with Gasteiger partial charge in [-0.1, -0.05) is 0 Å². The minimum absolute atomic E-state index is 0.260. The van der Waals surface area contributed by atoms with Crippen LogP contribution in [-0.2, 0) is 0 Å². The van der Waals surface area contributed by atoms with Gasteiger partial charge in [-0.3, -0.25) is 4.79 Å². The Bertz CT molecular complexity index is 712. The van der Waals surface area contributed by atoms with Crippen molar-refractivity contribution in [2.45, 2.75) is 12.8 Å². The average molecular weight is 328 g/mol. The van der Waals surface area contributed by atoms with Crippen LogP contribution in [0, 0.1) is 0 Å². The Morgan fingerprint density at radius 2 is 1.92 bits per heavy atom. The van der Waals surface area contributed by atoms with Crippen LogP contribution in [0.1, 0.15) is 23.3 Å². The topological polar surface area (TPSA) is 76.6 Å². The van der Waals surface area contributed by atoms with Gasteiger partial charge in [0, 0.05) is 19.2 Å². The van der Waals surface area contributed by atoms with Crippen molar-refractivity contribution < 1.29 is 14.3 Å². The highest BCUT2D eigenvalue weighted by Crippen LogP contribution is 2.29. The Labute approximate surface area is 140 Å². The molecule has 1 saturated heterocycles. The van der Waals surface area contributed by atoms with Crippen LogP contribution >= 0.6 is 0 Å². The van der Waals surface area contributed by atoms with E-state index in [1.165, 1.54) is 26.1 Å². The van der Waals surface area contributed by atoms with Gasteiger partial charge in [0.1, 0.15) is 23.0 Å². The Kier molecular flexibility index (Phi) is 4.79. The highest BCUT2D eigenvalue weighted by Gasteiger charge is 2.16. The van der Waals surface area contributed by atoms with Crippen molar-refractivity contribution in [2.24, 2.45) is 0 Å². The molecule has 24 heavy (non-hydrogen) atoms. The Morgan fingerprint density at radius 1 is 1.12 bits per heavy atom. The number of carbonyl (C=O) groups is 1. The Morgan fingerprint density at radius 3 is 2.54 bits per heavy atom. The summed E-state index contributed by atoms with van der Waals surface area (Å²) in [6.07, 6.45) is 5.48. The largest absolute Gasteiger partial charge is 0.497 e. The third-order valence-corrected chi connectivity index (χ3v) is 3.96. The maximum atomic E-state index is 12.4. The fourth-order valence-corrected chi connectivity index (χ4v) is 2.64. The summed E-state index contributed by atoms with van der Waals surface area (Å²) in [4.78, 5) is 23.1. The minimum Gasteiger partial charge on any atom is -0.497 e. The number of nitrogens with one attached hydrogen (secondary N) is 1. The lowest BCUT2D eigenvalue weighted by atomic mass is 10.2. The molecular formula is C17H20N4O3. The van der Waals surface area contributed by atoms with Crippen molar-refractivity contribution in [3.05, 3.63) is 36.3 Å². The van der Waals surface area contributed by atoms with E-state index in [1.54, 1.807) is 31.5 Å². The molecule has 0 unspecified atom stereocenters. The smallest absolute Gasteiger partial charge is 0.275 e. The molecule has 0 radical (unpaired) electrons. The first-order valence-corrected chi connectivity index (χ1v) is 7.81. The summed E-state index contributed by atoms with van der Waals surface area (Å²) in [5.41, 5.74) is 0.810. The first-order valence-electron chi connectivity index (χ1n) is 7.81. The second kappa shape index (κ2) is 7.16. The third-order valence-electron chi connectivity index (χ3n) is 3.96. The first-order chi connectivity index (χ1) is 11.7. The van der Waals surface area contributed by atoms with Crippen LogP contribution in [0.25, 0.3) is 0 Å². The van der Waals surface area contributed by atoms with Gasteiger partial charge in [0.05, 0.1) is 32.3 Å². The van der Waals surface area contributed by atoms with Crippen molar-refractivity contribution in [1.82, 2.24) is 9.97 Å². The van der Waals surface area contributed by atoms with Crippen molar-refractivity contribution in [1.29, 1.82) is 0 Å². The maximum absolute atomic E-state index is 12.4. The number of rotatable bonds is 5. The third kappa shape index (κ3) is 3.40. The predicted molar refractivity (Wildman–Crippen MR) is 91.0 cm³/mol. The zero-order chi connectivity index (χ0) is 16.9. The zero-order valence-electron chi connectivity index (χ0n) is 13.8. The average Bonchev–Trinajstić information content (AvgIpc) is 3.16. The molecule has 1 amide bonds. The molecule has 1 fully saturated rings. The fraction of sp³-hybridized carbons (Fsp3) is 0.353. The fourth-order valence-electron chi connectivity index (χ4n) is 2.64. The molecule has 1 N–H and O–H groups in total. The monoisotopic (exact) mass is 328 g/mol. The number of methoxy groups -OCH3 is 2. The summed E-state index contributed by atoms with van der Waals surface area (Å²) in [6, 6.07) is 5.18. The van der Waals surface area contributed by atoms with Gasteiger partial charge >= 0.3 is 0 Å². The van der Waals surface area contributed by atoms with Crippen LogP contribution in [0.2, 0.25) is 0 Å². The highest BCUT2D eigenvalue weighted by atomic mass is 16.5. The lowest BCUT2D eigenvalue weighted by Crippen LogP contribution is -2.20. The number of benzene rings is 1. The summed E-state index contributed by atoms with van der Waals surface area (Å²) >= 11 is 0. The molecule has 0 saturated carbocycles. The number of hydrogen-bond acceptors (Lipinski definition) is 6.